The maximum atomic E-state index is 12.9. The van der Waals surface area contributed by atoms with Gasteiger partial charge in [-0.25, -0.2) is 4.79 Å². The first-order valence-corrected chi connectivity index (χ1v) is 8.65. The van der Waals surface area contributed by atoms with Crippen LogP contribution in [0.3, 0.4) is 0 Å². The molecule has 0 N–H and O–H groups in total. The van der Waals surface area contributed by atoms with Gasteiger partial charge in [-0.15, -0.1) is 0 Å². The molecule has 0 saturated heterocycles. The highest BCUT2D eigenvalue weighted by molar-refractivity contribution is 5.77. The third-order valence-corrected chi connectivity index (χ3v) is 4.23. The van der Waals surface area contributed by atoms with Gasteiger partial charge in [0.25, 0.3) is 5.56 Å². The SMILES string of the molecule is CCCn1c(=O)c2ccccc2n(Cc2nc(-c3ccccn3)no2)c1=O. The van der Waals surface area contributed by atoms with Gasteiger partial charge in [0, 0.05) is 12.7 Å². The Morgan fingerprint density at radius 3 is 2.63 bits per heavy atom. The summed E-state index contributed by atoms with van der Waals surface area (Å²) in [5.41, 5.74) is 0.449. The van der Waals surface area contributed by atoms with E-state index >= 15 is 0 Å². The van der Waals surface area contributed by atoms with Crippen LogP contribution in [0.15, 0.2) is 62.8 Å². The molecule has 3 aromatic heterocycles. The van der Waals surface area contributed by atoms with Crippen molar-refractivity contribution in [1.82, 2.24) is 24.3 Å². The summed E-state index contributed by atoms with van der Waals surface area (Å²) in [6.07, 6.45) is 2.32. The number of nitrogens with zero attached hydrogens (tertiary/aromatic N) is 5. The van der Waals surface area contributed by atoms with Gasteiger partial charge in [0.1, 0.15) is 12.2 Å². The second-order valence-electron chi connectivity index (χ2n) is 6.07. The van der Waals surface area contributed by atoms with Gasteiger partial charge in [0.2, 0.25) is 11.7 Å². The van der Waals surface area contributed by atoms with Crippen molar-refractivity contribution in [2.45, 2.75) is 26.4 Å². The molecule has 8 heteroatoms. The number of pyridine rings is 1. The molecule has 0 bridgehead atoms. The topological polar surface area (TPSA) is 95.8 Å². The molecule has 0 unspecified atom stereocenters. The van der Waals surface area contributed by atoms with E-state index in [-0.39, 0.29) is 18.0 Å². The van der Waals surface area contributed by atoms with Crippen LogP contribution in [0.5, 0.6) is 0 Å². The summed E-state index contributed by atoms with van der Waals surface area (Å²) in [6, 6.07) is 12.4. The van der Waals surface area contributed by atoms with Crippen molar-refractivity contribution < 1.29 is 4.52 Å². The number of benzene rings is 1. The van der Waals surface area contributed by atoms with Crippen molar-refractivity contribution >= 4 is 10.9 Å². The Morgan fingerprint density at radius 1 is 1.04 bits per heavy atom. The van der Waals surface area contributed by atoms with Crippen LogP contribution in [-0.2, 0) is 13.1 Å². The normalized spacial score (nSPS) is 11.1. The Labute approximate surface area is 153 Å². The Bertz CT molecular complexity index is 1210. The summed E-state index contributed by atoms with van der Waals surface area (Å²) in [5.74, 6) is 0.620. The third-order valence-electron chi connectivity index (χ3n) is 4.23. The highest BCUT2D eigenvalue weighted by Crippen LogP contribution is 2.14. The quantitative estimate of drug-likeness (QED) is 0.539. The van der Waals surface area contributed by atoms with E-state index in [0.29, 0.717) is 35.4 Å². The Kier molecular flexibility index (Phi) is 4.37. The Morgan fingerprint density at radius 2 is 1.85 bits per heavy atom. The smallest absolute Gasteiger partial charge is 0.331 e. The van der Waals surface area contributed by atoms with E-state index in [2.05, 4.69) is 15.1 Å². The largest absolute Gasteiger partial charge is 0.337 e. The lowest BCUT2D eigenvalue weighted by Gasteiger charge is -2.12. The van der Waals surface area contributed by atoms with Crippen molar-refractivity contribution in [3.8, 4) is 11.5 Å². The summed E-state index contributed by atoms with van der Waals surface area (Å²) < 4.78 is 8.05. The lowest BCUT2D eigenvalue weighted by Crippen LogP contribution is -2.40. The van der Waals surface area contributed by atoms with Gasteiger partial charge >= 0.3 is 5.69 Å². The zero-order chi connectivity index (χ0) is 18.8. The molecule has 4 aromatic rings. The second-order valence-corrected chi connectivity index (χ2v) is 6.07. The number of hydrogen-bond donors (Lipinski definition) is 0. The predicted octanol–water partition coefficient (Wildman–Crippen LogP) is 2.07. The van der Waals surface area contributed by atoms with Gasteiger partial charge in [-0.1, -0.05) is 30.3 Å². The first-order chi connectivity index (χ1) is 13.2. The predicted molar refractivity (Wildman–Crippen MR) is 99.4 cm³/mol. The summed E-state index contributed by atoms with van der Waals surface area (Å²) in [5, 5.41) is 4.42. The van der Waals surface area contributed by atoms with E-state index in [4.69, 9.17) is 4.52 Å². The molecule has 0 fully saturated rings. The fourth-order valence-corrected chi connectivity index (χ4v) is 3.00. The van der Waals surface area contributed by atoms with Crippen LogP contribution in [0.1, 0.15) is 19.2 Å². The molecule has 27 heavy (non-hydrogen) atoms. The maximum Gasteiger partial charge on any atom is 0.331 e. The molecule has 0 aliphatic rings. The monoisotopic (exact) mass is 363 g/mol. The second kappa shape index (κ2) is 6.99. The number of aromatic nitrogens is 5. The zero-order valence-electron chi connectivity index (χ0n) is 14.7. The molecule has 0 atom stereocenters. The van der Waals surface area contributed by atoms with Gasteiger partial charge in [-0.2, -0.15) is 4.98 Å². The molecular weight excluding hydrogens is 346 g/mol. The summed E-state index contributed by atoms with van der Waals surface area (Å²) in [4.78, 5) is 34.0. The Hall–Kier alpha value is -3.55. The number of hydrogen-bond acceptors (Lipinski definition) is 6. The molecular formula is C19H17N5O3. The van der Waals surface area contributed by atoms with E-state index in [1.807, 2.05) is 13.0 Å². The van der Waals surface area contributed by atoms with E-state index in [1.54, 1.807) is 42.6 Å². The summed E-state index contributed by atoms with van der Waals surface area (Å²) >= 11 is 0. The number of fused-ring (bicyclic) bond motifs is 1. The fourth-order valence-electron chi connectivity index (χ4n) is 3.00. The highest BCUT2D eigenvalue weighted by atomic mass is 16.5. The molecule has 136 valence electrons. The van der Waals surface area contributed by atoms with Crippen molar-refractivity contribution in [2.75, 3.05) is 0 Å². The minimum atomic E-state index is -0.391. The van der Waals surface area contributed by atoms with E-state index in [1.165, 1.54) is 9.13 Å². The van der Waals surface area contributed by atoms with E-state index in [9.17, 15) is 9.59 Å². The van der Waals surface area contributed by atoms with Crippen LogP contribution >= 0.6 is 0 Å². The first-order valence-electron chi connectivity index (χ1n) is 8.65. The fraction of sp³-hybridized carbons (Fsp3) is 0.211. The highest BCUT2D eigenvalue weighted by Gasteiger charge is 2.16. The maximum absolute atomic E-state index is 12.9. The van der Waals surface area contributed by atoms with E-state index in [0.717, 1.165) is 0 Å². The summed E-state index contributed by atoms with van der Waals surface area (Å²) in [7, 11) is 0. The molecule has 1 aromatic carbocycles. The average molecular weight is 363 g/mol. The van der Waals surface area contributed by atoms with Crippen LogP contribution < -0.4 is 11.2 Å². The first kappa shape index (κ1) is 16.9. The van der Waals surface area contributed by atoms with Crippen molar-refractivity contribution in [2.24, 2.45) is 0 Å². The average Bonchev–Trinajstić information content (AvgIpc) is 3.18. The Balaban J connectivity index is 1.82. The van der Waals surface area contributed by atoms with Gasteiger partial charge in [0.05, 0.1) is 10.9 Å². The molecule has 0 spiro atoms. The van der Waals surface area contributed by atoms with Crippen LogP contribution in [0.2, 0.25) is 0 Å². The standard InChI is InChI=1S/C19H17N5O3/c1-2-11-23-18(25)13-7-3-4-9-15(13)24(19(23)26)12-16-21-17(22-27-16)14-8-5-6-10-20-14/h3-10H,2,11-12H2,1H3. The van der Waals surface area contributed by atoms with Gasteiger partial charge in [-0.3, -0.25) is 18.9 Å². The molecule has 3 heterocycles. The van der Waals surface area contributed by atoms with Gasteiger partial charge in [-0.05, 0) is 30.7 Å². The van der Waals surface area contributed by atoms with E-state index < -0.39 is 5.69 Å². The molecule has 0 amide bonds. The minimum Gasteiger partial charge on any atom is -0.337 e. The molecule has 0 radical (unpaired) electrons. The summed E-state index contributed by atoms with van der Waals surface area (Å²) in [6.45, 7) is 2.34. The number of para-hydroxylation sites is 1. The van der Waals surface area contributed by atoms with Crippen molar-refractivity contribution in [3.05, 3.63) is 75.4 Å². The van der Waals surface area contributed by atoms with Crippen molar-refractivity contribution in [1.29, 1.82) is 0 Å². The molecule has 0 saturated carbocycles. The van der Waals surface area contributed by atoms with Crippen LogP contribution in [0.4, 0.5) is 0 Å². The molecule has 4 rings (SSSR count). The lowest BCUT2D eigenvalue weighted by molar-refractivity contribution is 0.369. The lowest BCUT2D eigenvalue weighted by atomic mass is 10.2. The molecule has 0 aliphatic heterocycles. The zero-order valence-corrected chi connectivity index (χ0v) is 14.7. The van der Waals surface area contributed by atoms with Crippen LogP contribution in [-0.4, -0.2) is 24.3 Å². The third kappa shape index (κ3) is 3.05. The van der Waals surface area contributed by atoms with Gasteiger partial charge < -0.3 is 4.52 Å². The molecule has 8 nitrogen and oxygen atoms in total. The van der Waals surface area contributed by atoms with Crippen LogP contribution in [0.25, 0.3) is 22.4 Å². The van der Waals surface area contributed by atoms with Gasteiger partial charge in [0.15, 0.2) is 0 Å². The van der Waals surface area contributed by atoms with Crippen LogP contribution in [0, 0.1) is 0 Å². The molecule has 0 aliphatic carbocycles. The number of rotatable bonds is 5. The minimum absolute atomic E-state index is 0.0726. The van der Waals surface area contributed by atoms with Crippen molar-refractivity contribution in [3.63, 3.8) is 0 Å².